The van der Waals surface area contributed by atoms with Crippen molar-refractivity contribution in [2.75, 3.05) is 11.9 Å². The molecule has 23 heavy (non-hydrogen) atoms. The third-order valence-corrected chi connectivity index (χ3v) is 3.52. The van der Waals surface area contributed by atoms with Gasteiger partial charge in [0.15, 0.2) is 0 Å². The summed E-state index contributed by atoms with van der Waals surface area (Å²) >= 11 is 0. The van der Waals surface area contributed by atoms with Crippen molar-refractivity contribution in [3.05, 3.63) is 35.5 Å². The van der Waals surface area contributed by atoms with E-state index >= 15 is 0 Å². The summed E-state index contributed by atoms with van der Waals surface area (Å²) in [5, 5.41) is 9.89. The number of hydrogen-bond acceptors (Lipinski definition) is 5. The lowest BCUT2D eigenvalue weighted by Gasteiger charge is -2.07. The van der Waals surface area contributed by atoms with Gasteiger partial charge in [-0.25, -0.2) is 4.63 Å². The van der Waals surface area contributed by atoms with E-state index in [4.69, 9.17) is 4.74 Å². The number of aromatic nitrogens is 2. The summed E-state index contributed by atoms with van der Waals surface area (Å²) in [5.41, 5.74) is 1.07. The fraction of sp³-hybridized carbons (Fsp3) is 0.471. The fourth-order valence-electron chi connectivity index (χ4n) is 2.12. The van der Waals surface area contributed by atoms with Crippen LogP contribution >= 0.6 is 0 Å². The minimum atomic E-state index is -0.255. The van der Waals surface area contributed by atoms with E-state index in [0.717, 1.165) is 12.2 Å². The first-order valence-corrected chi connectivity index (χ1v) is 8.04. The molecule has 1 N–H and O–H groups in total. The second kappa shape index (κ2) is 8.92. The second-order valence-electron chi connectivity index (χ2n) is 5.44. The smallest absolute Gasteiger partial charge is 0.256 e. The van der Waals surface area contributed by atoms with E-state index in [0.29, 0.717) is 23.7 Å². The summed E-state index contributed by atoms with van der Waals surface area (Å²) < 4.78 is 10.2. The molecule has 0 radical (unpaired) electrons. The summed E-state index contributed by atoms with van der Waals surface area (Å²) in [6.07, 6.45) is 6.04. The molecule has 1 aromatic heterocycles. The first-order chi connectivity index (χ1) is 11.2. The molecule has 0 aliphatic rings. The van der Waals surface area contributed by atoms with Crippen molar-refractivity contribution in [3.63, 3.8) is 0 Å². The maximum atomic E-state index is 12.1. The van der Waals surface area contributed by atoms with Gasteiger partial charge < -0.3 is 10.1 Å². The maximum Gasteiger partial charge on any atom is 0.256 e. The SMILES string of the molecule is CCCCCCCOc1ccc(C(=O)Nc2nonc2C)cc1. The molecule has 0 unspecified atom stereocenters. The van der Waals surface area contributed by atoms with Crippen LogP contribution in [0.15, 0.2) is 28.9 Å². The Kier molecular flexibility index (Phi) is 6.59. The first kappa shape index (κ1) is 17.0. The highest BCUT2D eigenvalue weighted by Gasteiger charge is 2.11. The normalized spacial score (nSPS) is 10.5. The van der Waals surface area contributed by atoms with Gasteiger partial charge in [0, 0.05) is 5.56 Å². The molecule has 2 rings (SSSR count). The van der Waals surface area contributed by atoms with Crippen molar-refractivity contribution < 1.29 is 14.2 Å². The molecule has 6 nitrogen and oxygen atoms in total. The number of anilines is 1. The Morgan fingerprint density at radius 2 is 1.87 bits per heavy atom. The van der Waals surface area contributed by atoms with E-state index in [9.17, 15) is 4.79 Å². The third-order valence-electron chi connectivity index (χ3n) is 3.52. The van der Waals surface area contributed by atoms with Gasteiger partial charge in [-0.3, -0.25) is 4.79 Å². The summed E-state index contributed by atoms with van der Waals surface area (Å²) in [5.74, 6) is 0.855. The van der Waals surface area contributed by atoms with Crippen molar-refractivity contribution in [3.8, 4) is 5.75 Å². The van der Waals surface area contributed by atoms with Gasteiger partial charge in [-0.05, 0) is 42.8 Å². The molecule has 0 spiro atoms. The lowest BCUT2D eigenvalue weighted by atomic mass is 10.2. The molecule has 1 heterocycles. The number of carbonyl (C=O) groups excluding carboxylic acids is 1. The molecule has 6 heteroatoms. The minimum Gasteiger partial charge on any atom is -0.494 e. The Morgan fingerprint density at radius 3 is 2.52 bits per heavy atom. The standard InChI is InChI=1S/C17H23N3O3/c1-3-4-5-6-7-12-22-15-10-8-14(9-11-15)17(21)18-16-13(2)19-23-20-16/h8-11H,3-7,12H2,1-2H3,(H,18,20,21). The van der Waals surface area contributed by atoms with E-state index < -0.39 is 0 Å². The van der Waals surface area contributed by atoms with E-state index in [1.165, 1.54) is 25.7 Å². The number of rotatable bonds is 9. The number of nitrogens with zero attached hydrogens (tertiary/aromatic N) is 2. The first-order valence-electron chi connectivity index (χ1n) is 8.04. The molecule has 0 bridgehead atoms. The van der Waals surface area contributed by atoms with Crippen molar-refractivity contribution in [1.82, 2.24) is 10.3 Å². The molecule has 0 saturated carbocycles. The Balaban J connectivity index is 1.77. The molecular formula is C17H23N3O3. The Labute approximate surface area is 136 Å². The number of nitrogens with one attached hydrogen (secondary N) is 1. The minimum absolute atomic E-state index is 0.255. The van der Waals surface area contributed by atoms with Crippen molar-refractivity contribution >= 4 is 11.7 Å². The number of carbonyl (C=O) groups is 1. The van der Waals surface area contributed by atoms with Gasteiger partial charge in [0.25, 0.3) is 5.91 Å². The number of ether oxygens (including phenoxy) is 1. The molecule has 0 atom stereocenters. The summed E-state index contributed by atoms with van der Waals surface area (Å²) in [6, 6.07) is 7.05. The van der Waals surface area contributed by atoms with E-state index in [1.54, 1.807) is 31.2 Å². The van der Waals surface area contributed by atoms with Crippen molar-refractivity contribution in [2.45, 2.75) is 46.0 Å². The van der Waals surface area contributed by atoms with E-state index in [1.807, 2.05) is 0 Å². The maximum absolute atomic E-state index is 12.1. The quantitative estimate of drug-likeness (QED) is 0.708. The summed E-state index contributed by atoms with van der Waals surface area (Å²) in [4.78, 5) is 12.1. The van der Waals surface area contributed by atoms with Crippen LogP contribution in [-0.4, -0.2) is 22.8 Å². The molecular weight excluding hydrogens is 294 g/mol. The Morgan fingerprint density at radius 1 is 1.13 bits per heavy atom. The fourth-order valence-corrected chi connectivity index (χ4v) is 2.12. The highest BCUT2D eigenvalue weighted by atomic mass is 16.6. The van der Waals surface area contributed by atoms with Gasteiger partial charge in [-0.1, -0.05) is 37.8 Å². The molecule has 2 aromatic rings. The predicted octanol–water partition coefficient (Wildman–Crippen LogP) is 3.98. The van der Waals surface area contributed by atoms with Crippen LogP contribution in [0.3, 0.4) is 0 Å². The molecule has 0 saturated heterocycles. The monoisotopic (exact) mass is 317 g/mol. The molecule has 1 aromatic carbocycles. The van der Waals surface area contributed by atoms with Crippen LogP contribution in [-0.2, 0) is 0 Å². The van der Waals surface area contributed by atoms with E-state index in [-0.39, 0.29) is 5.91 Å². The van der Waals surface area contributed by atoms with Gasteiger partial charge in [0.2, 0.25) is 5.82 Å². The molecule has 124 valence electrons. The average Bonchev–Trinajstić information content (AvgIpc) is 2.96. The molecule has 0 aliphatic carbocycles. The van der Waals surface area contributed by atoms with Crippen LogP contribution in [0, 0.1) is 6.92 Å². The van der Waals surface area contributed by atoms with Crippen LogP contribution in [0.25, 0.3) is 0 Å². The van der Waals surface area contributed by atoms with Crippen LogP contribution in [0.1, 0.15) is 55.1 Å². The molecule has 0 aliphatic heterocycles. The molecule has 0 fully saturated rings. The number of aryl methyl sites for hydroxylation is 1. The largest absolute Gasteiger partial charge is 0.494 e. The topological polar surface area (TPSA) is 77.2 Å². The van der Waals surface area contributed by atoms with Crippen LogP contribution in [0.4, 0.5) is 5.82 Å². The highest BCUT2D eigenvalue weighted by Crippen LogP contribution is 2.15. The average molecular weight is 317 g/mol. The van der Waals surface area contributed by atoms with Gasteiger partial charge in [0.05, 0.1) is 6.61 Å². The van der Waals surface area contributed by atoms with Gasteiger partial charge in [0.1, 0.15) is 11.4 Å². The predicted molar refractivity (Wildman–Crippen MR) is 87.7 cm³/mol. The van der Waals surface area contributed by atoms with Crippen LogP contribution < -0.4 is 10.1 Å². The van der Waals surface area contributed by atoms with Crippen LogP contribution in [0.5, 0.6) is 5.75 Å². The zero-order valence-corrected chi connectivity index (χ0v) is 13.7. The molecule has 1 amide bonds. The second-order valence-corrected chi connectivity index (χ2v) is 5.44. The third kappa shape index (κ3) is 5.39. The van der Waals surface area contributed by atoms with Gasteiger partial charge in [-0.2, -0.15) is 0 Å². The van der Waals surface area contributed by atoms with E-state index in [2.05, 4.69) is 27.2 Å². The van der Waals surface area contributed by atoms with Crippen molar-refractivity contribution in [2.24, 2.45) is 0 Å². The van der Waals surface area contributed by atoms with Gasteiger partial charge >= 0.3 is 0 Å². The van der Waals surface area contributed by atoms with Crippen LogP contribution in [0.2, 0.25) is 0 Å². The highest BCUT2D eigenvalue weighted by molar-refractivity contribution is 6.03. The number of amides is 1. The zero-order chi connectivity index (χ0) is 16.5. The van der Waals surface area contributed by atoms with Gasteiger partial charge in [-0.15, -0.1) is 0 Å². The summed E-state index contributed by atoms with van der Waals surface area (Å²) in [6.45, 7) is 4.62. The number of hydrogen-bond donors (Lipinski definition) is 1. The van der Waals surface area contributed by atoms with Crippen molar-refractivity contribution in [1.29, 1.82) is 0 Å². The summed E-state index contributed by atoms with van der Waals surface area (Å²) in [7, 11) is 0. The zero-order valence-electron chi connectivity index (χ0n) is 13.7. The Bertz CT molecular complexity index is 608. The Hall–Kier alpha value is -2.37. The number of unbranched alkanes of at least 4 members (excludes halogenated alkanes) is 4. The number of benzene rings is 1. The lowest BCUT2D eigenvalue weighted by Crippen LogP contribution is -2.12. The lowest BCUT2D eigenvalue weighted by molar-refractivity contribution is 0.102.